The Kier molecular flexibility index (Phi) is 14.0. The molecule has 1 N–H and O–H groups in total. The van der Waals surface area contributed by atoms with Gasteiger partial charge in [0.15, 0.2) is 0 Å². The van der Waals surface area contributed by atoms with Crippen LogP contribution in [0.2, 0.25) is 0 Å². The standard InChI is InChI=1S/C33H50N2O5S2/c1-23(2)25(17-18-27-22-42-33(6,7)35(27)31(38)40-32(3,4)5)15-16-26(21-24-13-11-10-12-14-24)29(36)34-28(19-20-41-9)30(37)39-8/h10-18,23,25-28H,19-22H2,1-9H3,(H,34,36)/b16-15+,18-17+/t25-,26-,27+,28-/m0/s1. The summed E-state index contributed by atoms with van der Waals surface area (Å²) < 4.78 is 10.7. The van der Waals surface area contributed by atoms with Gasteiger partial charge in [-0.1, -0.05) is 68.5 Å². The zero-order valence-electron chi connectivity index (χ0n) is 26.7. The van der Waals surface area contributed by atoms with E-state index in [0.29, 0.717) is 12.8 Å². The molecule has 1 fully saturated rings. The summed E-state index contributed by atoms with van der Waals surface area (Å²) >= 11 is 3.35. The van der Waals surface area contributed by atoms with E-state index in [1.165, 1.54) is 7.11 Å². The molecule has 0 aliphatic carbocycles. The van der Waals surface area contributed by atoms with Gasteiger partial charge in [-0.15, -0.1) is 11.8 Å². The molecule has 1 aliphatic rings. The second-order valence-electron chi connectivity index (χ2n) is 12.4. The van der Waals surface area contributed by atoms with E-state index in [1.54, 1.807) is 23.5 Å². The molecule has 234 valence electrons. The summed E-state index contributed by atoms with van der Waals surface area (Å²) in [6.45, 7) is 14.0. The Hall–Kier alpha value is -2.39. The van der Waals surface area contributed by atoms with Crippen LogP contribution >= 0.6 is 23.5 Å². The molecule has 1 aliphatic heterocycles. The number of benzene rings is 1. The van der Waals surface area contributed by atoms with Crippen LogP contribution in [0, 0.1) is 17.8 Å². The van der Waals surface area contributed by atoms with Crippen molar-refractivity contribution in [3.63, 3.8) is 0 Å². The van der Waals surface area contributed by atoms with E-state index in [4.69, 9.17) is 9.47 Å². The second kappa shape index (κ2) is 16.5. The number of allylic oxidation sites excluding steroid dienone is 2. The minimum absolute atomic E-state index is 0.0400. The number of hydrogen-bond acceptors (Lipinski definition) is 7. The van der Waals surface area contributed by atoms with E-state index in [2.05, 4.69) is 37.4 Å². The molecule has 1 saturated heterocycles. The first-order valence-electron chi connectivity index (χ1n) is 14.6. The zero-order chi connectivity index (χ0) is 31.5. The lowest BCUT2D eigenvalue weighted by Crippen LogP contribution is -2.48. The van der Waals surface area contributed by atoms with Crippen molar-refractivity contribution in [1.29, 1.82) is 0 Å². The van der Waals surface area contributed by atoms with Gasteiger partial charge in [0.25, 0.3) is 0 Å². The van der Waals surface area contributed by atoms with Crippen LogP contribution in [-0.4, -0.2) is 70.3 Å². The van der Waals surface area contributed by atoms with E-state index >= 15 is 0 Å². The quantitative estimate of drug-likeness (QED) is 0.194. The third kappa shape index (κ3) is 11.4. The summed E-state index contributed by atoms with van der Waals surface area (Å²) in [7, 11) is 1.34. The molecule has 2 rings (SSSR count). The fourth-order valence-corrected chi connectivity index (χ4v) is 6.35. The molecule has 2 amide bonds. The molecule has 9 heteroatoms. The van der Waals surface area contributed by atoms with E-state index in [9.17, 15) is 14.4 Å². The Morgan fingerprint density at radius 2 is 1.81 bits per heavy atom. The maximum absolute atomic E-state index is 13.5. The lowest BCUT2D eigenvalue weighted by atomic mass is 9.90. The van der Waals surface area contributed by atoms with Gasteiger partial charge in [0.1, 0.15) is 11.6 Å². The molecule has 0 unspecified atom stereocenters. The van der Waals surface area contributed by atoms with Crippen LogP contribution in [0.4, 0.5) is 4.79 Å². The molecule has 42 heavy (non-hydrogen) atoms. The third-order valence-electron chi connectivity index (χ3n) is 7.05. The molecular formula is C33H50N2O5S2. The van der Waals surface area contributed by atoms with Gasteiger partial charge in [0, 0.05) is 5.75 Å². The summed E-state index contributed by atoms with van der Waals surface area (Å²) in [4.78, 5) is 40.5. The summed E-state index contributed by atoms with van der Waals surface area (Å²) in [6.07, 6.45) is 10.9. The van der Waals surface area contributed by atoms with E-state index in [0.717, 1.165) is 17.1 Å². The zero-order valence-corrected chi connectivity index (χ0v) is 28.3. The number of amides is 2. The van der Waals surface area contributed by atoms with Gasteiger partial charge in [-0.25, -0.2) is 9.59 Å². The van der Waals surface area contributed by atoms with Gasteiger partial charge in [-0.2, -0.15) is 11.8 Å². The molecule has 0 saturated carbocycles. The summed E-state index contributed by atoms with van der Waals surface area (Å²) in [5.74, 6) is 0.704. The number of rotatable bonds is 13. The number of nitrogens with one attached hydrogen (secondary N) is 1. The Balaban J connectivity index is 2.30. The van der Waals surface area contributed by atoms with Crippen LogP contribution in [0.1, 0.15) is 60.5 Å². The Labute approximate surface area is 261 Å². The Morgan fingerprint density at radius 3 is 2.38 bits per heavy atom. The van der Waals surface area contributed by atoms with Crippen molar-refractivity contribution < 1.29 is 23.9 Å². The van der Waals surface area contributed by atoms with Gasteiger partial charge in [0.05, 0.1) is 23.9 Å². The lowest BCUT2D eigenvalue weighted by Gasteiger charge is -2.35. The highest BCUT2D eigenvalue weighted by Crippen LogP contribution is 2.40. The summed E-state index contributed by atoms with van der Waals surface area (Å²) in [6, 6.07) is 9.09. The minimum Gasteiger partial charge on any atom is -0.467 e. The fourth-order valence-electron chi connectivity index (χ4n) is 4.69. The number of hydrogen-bond donors (Lipinski definition) is 1. The van der Waals surface area contributed by atoms with Crippen molar-refractivity contribution in [2.75, 3.05) is 24.9 Å². The molecule has 1 aromatic carbocycles. The summed E-state index contributed by atoms with van der Waals surface area (Å²) in [5.41, 5.74) is 0.463. The van der Waals surface area contributed by atoms with Crippen molar-refractivity contribution in [1.82, 2.24) is 10.2 Å². The largest absolute Gasteiger partial charge is 0.467 e. The van der Waals surface area contributed by atoms with Crippen molar-refractivity contribution in [2.45, 2.75) is 83.9 Å². The predicted molar refractivity (Wildman–Crippen MR) is 176 cm³/mol. The predicted octanol–water partition coefficient (Wildman–Crippen LogP) is 6.73. The number of methoxy groups -OCH3 is 1. The number of thioether (sulfide) groups is 2. The third-order valence-corrected chi connectivity index (χ3v) is 9.10. The summed E-state index contributed by atoms with van der Waals surface area (Å²) in [5, 5.41) is 2.94. The molecule has 7 nitrogen and oxygen atoms in total. The maximum atomic E-state index is 13.5. The molecule has 0 bridgehead atoms. The average molecular weight is 619 g/mol. The first kappa shape index (κ1) is 35.8. The topological polar surface area (TPSA) is 84.9 Å². The van der Waals surface area contributed by atoms with E-state index in [1.807, 2.05) is 82.2 Å². The number of ether oxygens (including phenoxy) is 2. The highest BCUT2D eigenvalue weighted by atomic mass is 32.2. The van der Waals surface area contributed by atoms with Gasteiger partial charge in [-0.3, -0.25) is 9.69 Å². The van der Waals surface area contributed by atoms with E-state index in [-0.39, 0.29) is 34.7 Å². The van der Waals surface area contributed by atoms with Crippen LogP contribution in [0.15, 0.2) is 54.6 Å². The van der Waals surface area contributed by atoms with Gasteiger partial charge in [0.2, 0.25) is 5.91 Å². The first-order chi connectivity index (χ1) is 19.7. The molecule has 1 aromatic rings. The number of carbonyl (C=O) groups excluding carboxylic acids is 3. The second-order valence-corrected chi connectivity index (χ2v) is 15.0. The highest BCUT2D eigenvalue weighted by Gasteiger charge is 2.44. The SMILES string of the molecule is COC(=O)[C@H](CCSC)NC(=O)[C@@H](/C=C/[C@@H](/C=C/[C@@H]1CSC(C)(C)N1C(=O)OC(C)(C)C)C(C)C)Cc1ccccc1. The first-order valence-corrected chi connectivity index (χ1v) is 17.0. The Morgan fingerprint density at radius 1 is 1.14 bits per heavy atom. The smallest absolute Gasteiger partial charge is 0.411 e. The van der Waals surface area contributed by atoms with Crippen molar-refractivity contribution in [3.05, 3.63) is 60.2 Å². The van der Waals surface area contributed by atoms with Crippen LogP contribution < -0.4 is 5.32 Å². The van der Waals surface area contributed by atoms with E-state index < -0.39 is 23.5 Å². The van der Waals surface area contributed by atoms with Crippen molar-refractivity contribution in [3.8, 4) is 0 Å². The fraction of sp³-hybridized carbons (Fsp3) is 0.606. The molecular weight excluding hydrogens is 569 g/mol. The van der Waals surface area contributed by atoms with Crippen molar-refractivity contribution in [2.24, 2.45) is 17.8 Å². The molecule has 4 atom stereocenters. The monoisotopic (exact) mass is 618 g/mol. The lowest BCUT2D eigenvalue weighted by molar-refractivity contribution is -0.145. The van der Waals surface area contributed by atoms with Crippen LogP contribution in [0.25, 0.3) is 0 Å². The van der Waals surface area contributed by atoms with Gasteiger partial charge in [-0.05, 0) is 76.9 Å². The molecule has 1 heterocycles. The number of esters is 1. The van der Waals surface area contributed by atoms with Crippen LogP contribution in [0.5, 0.6) is 0 Å². The van der Waals surface area contributed by atoms with Crippen LogP contribution in [-0.2, 0) is 25.5 Å². The minimum atomic E-state index is -0.690. The average Bonchev–Trinajstić information content (AvgIpc) is 3.22. The van der Waals surface area contributed by atoms with Crippen LogP contribution in [0.3, 0.4) is 0 Å². The molecule has 0 aromatic heterocycles. The number of nitrogens with zero attached hydrogens (tertiary/aromatic N) is 1. The van der Waals surface area contributed by atoms with Gasteiger partial charge < -0.3 is 14.8 Å². The highest BCUT2D eigenvalue weighted by molar-refractivity contribution is 8.00. The van der Waals surface area contributed by atoms with Gasteiger partial charge >= 0.3 is 12.1 Å². The molecule has 0 radical (unpaired) electrons. The normalized spacial score (nSPS) is 19.2. The Bertz CT molecular complexity index is 1080. The van der Waals surface area contributed by atoms with Crippen molar-refractivity contribution >= 4 is 41.5 Å². The number of carbonyl (C=O) groups is 3. The maximum Gasteiger partial charge on any atom is 0.411 e. The molecule has 0 spiro atoms.